The molecular weight excluding hydrogens is 224 g/mol. The molecule has 0 unspecified atom stereocenters. The number of nitrogens with one attached hydrogen (secondary N) is 1. The quantitative estimate of drug-likeness (QED) is 0.814. The summed E-state index contributed by atoms with van der Waals surface area (Å²) >= 11 is 0. The van der Waals surface area contributed by atoms with Gasteiger partial charge in [0.2, 0.25) is 5.91 Å². The number of hydrogen-bond acceptors (Lipinski definition) is 2. The Labute approximate surface area is 110 Å². The van der Waals surface area contributed by atoms with E-state index in [1.165, 1.54) is 44.9 Å². The lowest BCUT2D eigenvalue weighted by atomic mass is 9.72. The summed E-state index contributed by atoms with van der Waals surface area (Å²) < 4.78 is 0. The summed E-state index contributed by atoms with van der Waals surface area (Å²) in [6.07, 6.45) is 9.99. The van der Waals surface area contributed by atoms with Crippen molar-refractivity contribution in [1.82, 2.24) is 10.2 Å². The average Bonchev–Trinajstić information content (AvgIpc) is 2.38. The fourth-order valence-electron chi connectivity index (χ4n) is 3.98. The minimum Gasteiger partial charge on any atom is -0.341 e. The van der Waals surface area contributed by atoms with Crippen LogP contribution in [0.1, 0.15) is 51.4 Å². The Morgan fingerprint density at radius 1 is 1.11 bits per heavy atom. The molecule has 3 fully saturated rings. The number of carbonyl (C=O) groups excluding carboxylic acids is 1. The molecule has 3 rings (SSSR count). The van der Waals surface area contributed by atoms with E-state index in [0.717, 1.165) is 32.6 Å². The van der Waals surface area contributed by atoms with Crippen LogP contribution in [0.25, 0.3) is 0 Å². The highest BCUT2D eigenvalue weighted by molar-refractivity contribution is 5.77. The smallest absolute Gasteiger partial charge is 0.222 e. The Morgan fingerprint density at radius 2 is 1.78 bits per heavy atom. The first-order valence-electron chi connectivity index (χ1n) is 7.76. The molecule has 2 aliphatic heterocycles. The van der Waals surface area contributed by atoms with E-state index < -0.39 is 0 Å². The topological polar surface area (TPSA) is 32.3 Å². The molecule has 0 atom stereocenters. The lowest BCUT2D eigenvalue weighted by molar-refractivity contribution is -0.146. The highest BCUT2D eigenvalue weighted by Gasteiger charge is 2.45. The summed E-state index contributed by atoms with van der Waals surface area (Å²) in [7, 11) is 0. The van der Waals surface area contributed by atoms with Crippen LogP contribution in [0, 0.1) is 11.3 Å². The van der Waals surface area contributed by atoms with E-state index >= 15 is 0 Å². The summed E-state index contributed by atoms with van der Waals surface area (Å²) in [6.45, 7) is 4.37. The molecule has 3 nitrogen and oxygen atoms in total. The van der Waals surface area contributed by atoms with E-state index in [2.05, 4.69) is 10.2 Å². The Morgan fingerprint density at radius 3 is 2.44 bits per heavy atom. The second-order valence-electron chi connectivity index (χ2n) is 6.71. The Balaban J connectivity index is 1.44. The maximum atomic E-state index is 12.2. The van der Waals surface area contributed by atoms with Crippen molar-refractivity contribution in [3.8, 4) is 0 Å². The Hall–Kier alpha value is -0.570. The molecule has 0 aromatic heterocycles. The van der Waals surface area contributed by atoms with Gasteiger partial charge in [0.1, 0.15) is 0 Å². The van der Waals surface area contributed by atoms with Gasteiger partial charge in [-0.2, -0.15) is 0 Å². The van der Waals surface area contributed by atoms with Crippen molar-refractivity contribution in [3.05, 3.63) is 0 Å². The second kappa shape index (κ2) is 5.20. The van der Waals surface area contributed by atoms with Crippen molar-refractivity contribution in [2.75, 3.05) is 26.2 Å². The normalized spacial score (nSPS) is 28.1. The number of piperidine rings is 1. The lowest BCUT2D eigenvalue weighted by Gasteiger charge is -2.52. The van der Waals surface area contributed by atoms with Gasteiger partial charge in [0.25, 0.3) is 0 Å². The van der Waals surface area contributed by atoms with Gasteiger partial charge in [-0.1, -0.05) is 19.3 Å². The summed E-state index contributed by atoms with van der Waals surface area (Å²) in [5, 5.41) is 3.41. The number of likely N-dealkylation sites (tertiary alicyclic amines) is 1. The average molecular weight is 250 g/mol. The molecule has 1 N–H and O–H groups in total. The van der Waals surface area contributed by atoms with Gasteiger partial charge in [0.15, 0.2) is 0 Å². The van der Waals surface area contributed by atoms with Gasteiger partial charge >= 0.3 is 0 Å². The van der Waals surface area contributed by atoms with E-state index in [-0.39, 0.29) is 0 Å². The van der Waals surface area contributed by atoms with Crippen LogP contribution in [0.5, 0.6) is 0 Å². The fraction of sp³-hybridized carbons (Fsp3) is 0.933. The first-order chi connectivity index (χ1) is 8.77. The third-order valence-electron chi connectivity index (χ3n) is 5.26. The maximum absolute atomic E-state index is 12.2. The zero-order valence-corrected chi connectivity index (χ0v) is 11.4. The molecule has 18 heavy (non-hydrogen) atoms. The van der Waals surface area contributed by atoms with Crippen LogP contribution < -0.4 is 5.32 Å². The van der Waals surface area contributed by atoms with Gasteiger partial charge in [-0.25, -0.2) is 0 Å². The molecule has 1 aliphatic carbocycles. The van der Waals surface area contributed by atoms with E-state index in [0.29, 0.717) is 17.2 Å². The molecule has 3 aliphatic rings. The third kappa shape index (κ3) is 2.56. The molecule has 1 spiro atoms. The first kappa shape index (κ1) is 12.5. The molecule has 102 valence electrons. The van der Waals surface area contributed by atoms with Gasteiger partial charge in [-0.15, -0.1) is 0 Å². The van der Waals surface area contributed by atoms with Gasteiger partial charge < -0.3 is 10.2 Å². The Kier molecular flexibility index (Phi) is 3.60. The molecule has 0 aromatic carbocycles. The highest BCUT2D eigenvalue weighted by Crippen LogP contribution is 2.39. The predicted molar refractivity (Wildman–Crippen MR) is 72.3 cm³/mol. The third-order valence-corrected chi connectivity index (χ3v) is 5.26. The van der Waals surface area contributed by atoms with Crippen molar-refractivity contribution < 1.29 is 4.79 Å². The number of nitrogens with zero attached hydrogens (tertiary/aromatic N) is 1. The van der Waals surface area contributed by atoms with Gasteiger partial charge in [0.05, 0.1) is 0 Å². The van der Waals surface area contributed by atoms with E-state index in [1.54, 1.807) is 0 Å². The minimum absolute atomic E-state index is 0.436. The van der Waals surface area contributed by atoms with Crippen molar-refractivity contribution in [2.45, 2.75) is 51.4 Å². The molecule has 0 bridgehead atoms. The van der Waals surface area contributed by atoms with Crippen LogP contribution in [0.4, 0.5) is 0 Å². The molecule has 1 saturated carbocycles. The van der Waals surface area contributed by atoms with Crippen LogP contribution in [0.2, 0.25) is 0 Å². The van der Waals surface area contributed by atoms with Gasteiger partial charge in [-0.3, -0.25) is 4.79 Å². The van der Waals surface area contributed by atoms with Crippen LogP contribution in [0.3, 0.4) is 0 Å². The number of hydrogen-bond donors (Lipinski definition) is 1. The Bertz CT molecular complexity index is 296. The zero-order valence-electron chi connectivity index (χ0n) is 11.4. The molecule has 0 radical (unpaired) electrons. The van der Waals surface area contributed by atoms with Crippen LogP contribution in [-0.2, 0) is 4.79 Å². The van der Waals surface area contributed by atoms with Crippen molar-refractivity contribution >= 4 is 5.91 Å². The van der Waals surface area contributed by atoms with Crippen LogP contribution >= 0.6 is 0 Å². The minimum atomic E-state index is 0.436. The monoisotopic (exact) mass is 250 g/mol. The van der Waals surface area contributed by atoms with Crippen LogP contribution in [0.15, 0.2) is 0 Å². The van der Waals surface area contributed by atoms with E-state index in [1.807, 2.05) is 0 Å². The van der Waals surface area contributed by atoms with E-state index in [4.69, 9.17) is 0 Å². The lowest BCUT2D eigenvalue weighted by Crippen LogP contribution is -2.61. The SMILES string of the molecule is O=C(CC1CCCCC1)N1CC2(CCNCC2)C1. The first-order valence-corrected chi connectivity index (χ1v) is 7.76. The molecule has 0 aromatic rings. The molecule has 2 heterocycles. The summed E-state index contributed by atoms with van der Waals surface area (Å²) in [4.78, 5) is 14.4. The van der Waals surface area contributed by atoms with Gasteiger partial charge in [-0.05, 0) is 44.7 Å². The second-order valence-corrected chi connectivity index (χ2v) is 6.71. The van der Waals surface area contributed by atoms with E-state index in [9.17, 15) is 4.79 Å². The fourth-order valence-corrected chi connectivity index (χ4v) is 3.98. The number of rotatable bonds is 2. The zero-order chi connectivity index (χ0) is 12.4. The summed E-state index contributed by atoms with van der Waals surface area (Å²) in [6, 6.07) is 0. The summed E-state index contributed by atoms with van der Waals surface area (Å²) in [5.41, 5.74) is 0.494. The van der Waals surface area contributed by atoms with Crippen LogP contribution in [-0.4, -0.2) is 37.0 Å². The van der Waals surface area contributed by atoms with Crippen molar-refractivity contribution in [1.29, 1.82) is 0 Å². The maximum Gasteiger partial charge on any atom is 0.222 e. The molecule has 2 saturated heterocycles. The predicted octanol–water partition coefficient (Wildman–Crippen LogP) is 2.17. The number of carbonyl (C=O) groups is 1. The van der Waals surface area contributed by atoms with Crippen molar-refractivity contribution in [3.63, 3.8) is 0 Å². The summed E-state index contributed by atoms with van der Waals surface area (Å²) in [5.74, 6) is 1.13. The molecular formula is C15H26N2O. The molecule has 1 amide bonds. The molecule has 3 heteroatoms. The van der Waals surface area contributed by atoms with Gasteiger partial charge in [0, 0.05) is 24.9 Å². The standard InChI is InChI=1S/C15H26N2O/c18-14(10-13-4-2-1-3-5-13)17-11-15(12-17)6-8-16-9-7-15/h13,16H,1-12H2. The number of amides is 1. The van der Waals surface area contributed by atoms with Crippen molar-refractivity contribution in [2.24, 2.45) is 11.3 Å². The largest absolute Gasteiger partial charge is 0.341 e. The highest BCUT2D eigenvalue weighted by atomic mass is 16.2.